The first-order valence-electron chi connectivity index (χ1n) is 8.04. The van der Waals surface area contributed by atoms with Gasteiger partial charge < -0.3 is 14.8 Å². The van der Waals surface area contributed by atoms with E-state index >= 15 is 0 Å². The second-order valence-electron chi connectivity index (χ2n) is 5.86. The lowest BCUT2D eigenvalue weighted by atomic mass is 9.90. The fraction of sp³-hybridized carbons (Fsp3) is 0.647. The van der Waals surface area contributed by atoms with Crippen molar-refractivity contribution >= 4 is 0 Å². The van der Waals surface area contributed by atoms with Crippen LogP contribution in [-0.4, -0.2) is 13.3 Å². The molecule has 2 aliphatic rings. The smallest absolute Gasteiger partial charge is 0.231 e. The molecule has 0 saturated heterocycles. The Morgan fingerprint density at radius 2 is 1.90 bits per heavy atom. The third-order valence-corrected chi connectivity index (χ3v) is 4.39. The van der Waals surface area contributed by atoms with Gasteiger partial charge in [0, 0.05) is 6.04 Å². The predicted molar refractivity (Wildman–Crippen MR) is 80.4 cm³/mol. The lowest BCUT2D eigenvalue weighted by Crippen LogP contribution is -2.29. The fourth-order valence-corrected chi connectivity index (χ4v) is 3.24. The molecule has 1 unspecified atom stereocenters. The summed E-state index contributed by atoms with van der Waals surface area (Å²) in [6.45, 7) is 3.71. The molecule has 1 aromatic carbocycles. The molecule has 0 radical (unpaired) electrons. The van der Waals surface area contributed by atoms with Gasteiger partial charge in [-0.05, 0) is 42.6 Å². The van der Waals surface area contributed by atoms with E-state index in [-0.39, 0.29) is 0 Å². The highest BCUT2D eigenvalue weighted by Gasteiger charge is 2.24. The van der Waals surface area contributed by atoms with Crippen molar-refractivity contribution in [1.29, 1.82) is 0 Å². The highest BCUT2D eigenvalue weighted by molar-refractivity contribution is 5.50. The summed E-state index contributed by atoms with van der Waals surface area (Å²) in [6, 6.07) is 4.87. The van der Waals surface area contributed by atoms with Crippen LogP contribution >= 0.6 is 0 Å². The second-order valence-corrected chi connectivity index (χ2v) is 5.86. The van der Waals surface area contributed by atoms with E-state index < -0.39 is 0 Å². The molecule has 20 heavy (non-hydrogen) atoms. The van der Waals surface area contributed by atoms with Crippen molar-refractivity contribution in [3.63, 3.8) is 0 Å². The lowest BCUT2D eigenvalue weighted by molar-refractivity contribution is 0.174. The number of ether oxygens (including phenoxy) is 2. The van der Waals surface area contributed by atoms with Crippen molar-refractivity contribution in [2.75, 3.05) is 13.3 Å². The quantitative estimate of drug-likeness (QED) is 0.797. The largest absolute Gasteiger partial charge is 0.454 e. The molecular weight excluding hydrogens is 250 g/mol. The van der Waals surface area contributed by atoms with Gasteiger partial charge in [0.25, 0.3) is 0 Å². The summed E-state index contributed by atoms with van der Waals surface area (Å²) < 4.78 is 11.0. The molecule has 0 amide bonds. The molecule has 0 aliphatic carbocycles. The zero-order chi connectivity index (χ0) is 13.8. The Bertz CT molecular complexity index is 459. The first-order chi connectivity index (χ1) is 9.88. The van der Waals surface area contributed by atoms with Crippen molar-refractivity contribution in [2.45, 2.75) is 57.9 Å². The molecule has 0 saturated carbocycles. The standard InChI is InChI=1S/C17H25NO2/c1-2-3-4-5-6-7-15-14-11-17-16(19-12-20-17)10-13(14)8-9-18-15/h10-11,15,18H,2-9,12H2,1H3. The van der Waals surface area contributed by atoms with Gasteiger partial charge in [0.2, 0.25) is 6.79 Å². The maximum absolute atomic E-state index is 5.52. The number of hydrogen-bond acceptors (Lipinski definition) is 3. The van der Waals surface area contributed by atoms with Gasteiger partial charge >= 0.3 is 0 Å². The van der Waals surface area contributed by atoms with Gasteiger partial charge in [-0.3, -0.25) is 0 Å². The maximum Gasteiger partial charge on any atom is 0.231 e. The zero-order valence-electron chi connectivity index (χ0n) is 12.4. The van der Waals surface area contributed by atoms with E-state index in [4.69, 9.17) is 9.47 Å². The fourth-order valence-electron chi connectivity index (χ4n) is 3.24. The monoisotopic (exact) mass is 275 g/mol. The van der Waals surface area contributed by atoms with E-state index in [0.29, 0.717) is 12.8 Å². The number of rotatable bonds is 6. The van der Waals surface area contributed by atoms with E-state index in [1.165, 1.54) is 49.7 Å². The van der Waals surface area contributed by atoms with Crippen LogP contribution < -0.4 is 14.8 Å². The third kappa shape index (κ3) is 2.93. The Hall–Kier alpha value is -1.22. The number of fused-ring (bicyclic) bond motifs is 2. The normalized spacial score (nSPS) is 19.9. The summed E-state index contributed by atoms with van der Waals surface area (Å²) in [4.78, 5) is 0. The van der Waals surface area contributed by atoms with E-state index in [1.54, 1.807) is 0 Å². The van der Waals surface area contributed by atoms with Crippen LogP contribution in [0.5, 0.6) is 11.5 Å². The van der Waals surface area contributed by atoms with Crippen LogP contribution in [0.15, 0.2) is 12.1 Å². The Morgan fingerprint density at radius 3 is 2.75 bits per heavy atom. The van der Waals surface area contributed by atoms with Crippen molar-refractivity contribution in [1.82, 2.24) is 5.32 Å². The first kappa shape index (κ1) is 13.7. The third-order valence-electron chi connectivity index (χ3n) is 4.39. The number of nitrogens with one attached hydrogen (secondary N) is 1. The van der Waals surface area contributed by atoms with Crippen molar-refractivity contribution in [3.05, 3.63) is 23.3 Å². The number of hydrogen-bond donors (Lipinski definition) is 1. The molecule has 0 spiro atoms. The summed E-state index contributed by atoms with van der Waals surface area (Å²) >= 11 is 0. The SMILES string of the molecule is CCCCCCCC1NCCc2cc3c(cc21)OCO3. The molecule has 0 aromatic heterocycles. The van der Waals surface area contributed by atoms with Gasteiger partial charge in [0.15, 0.2) is 11.5 Å². The predicted octanol–water partition coefficient (Wildman–Crippen LogP) is 3.96. The molecule has 3 heteroatoms. The molecule has 0 bridgehead atoms. The van der Waals surface area contributed by atoms with Crippen LogP contribution in [-0.2, 0) is 6.42 Å². The van der Waals surface area contributed by atoms with E-state index in [9.17, 15) is 0 Å². The summed E-state index contributed by atoms with van der Waals surface area (Å²) in [6.07, 6.45) is 9.05. The molecule has 2 heterocycles. The molecule has 3 rings (SSSR count). The van der Waals surface area contributed by atoms with Crippen molar-refractivity contribution < 1.29 is 9.47 Å². The zero-order valence-corrected chi connectivity index (χ0v) is 12.4. The van der Waals surface area contributed by atoms with E-state index in [1.807, 2.05) is 0 Å². The maximum atomic E-state index is 5.52. The summed E-state index contributed by atoms with van der Waals surface area (Å²) in [5.41, 5.74) is 2.86. The molecule has 0 fully saturated rings. The number of benzene rings is 1. The Kier molecular flexibility index (Phi) is 4.46. The van der Waals surface area contributed by atoms with Crippen LogP contribution in [0.4, 0.5) is 0 Å². The van der Waals surface area contributed by atoms with Crippen molar-refractivity contribution in [2.24, 2.45) is 0 Å². The molecule has 2 aliphatic heterocycles. The Morgan fingerprint density at radius 1 is 1.10 bits per heavy atom. The number of unbranched alkanes of at least 4 members (excludes halogenated alkanes) is 4. The van der Waals surface area contributed by atoms with Crippen LogP contribution in [0.3, 0.4) is 0 Å². The van der Waals surface area contributed by atoms with Crippen molar-refractivity contribution in [3.8, 4) is 11.5 Å². The molecule has 1 N–H and O–H groups in total. The summed E-state index contributed by atoms with van der Waals surface area (Å²) in [5.74, 6) is 1.84. The highest BCUT2D eigenvalue weighted by atomic mass is 16.7. The minimum Gasteiger partial charge on any atom is -0.454 e. The Labute approximate surface area is 121 Å². The van der Waals surface area contributed by atoms with Gasteiger partial charge in [-0.1, -0.05) is 39.0 Å². The lowest BCUT2D eigenvalue weighted by Gasteiger charge is -2.27. The van der Waals surface area contributed by atoms with Gasteiger partial charge in [-0.25, -0.2) is 0 Å². The molecule has 1 atom stereocenters. The first-order valence-corrected chi connectivity index (χ1v) is 8.04. The van der Waals surface area contributed by atoms with Gasteiger partial charge in [-0.2, -0.15) is 0 Å². The van der Waals surface area contributed by atoms with Crippen LogP contribution in [0, 0.1) is 0 Å². The summed E-state index contributed by atoms with van der Waals surface area (Å²) in [7, 11) is 0. The van der Waals surface area contributed by atoms with Crippen LogP contribution in [0.1, 0.15) is 62.6 Å². The minimum atomic E-state index is 0.368. The molecule has 1 aromatic rings. The van der Waals surface area contributed by atoms with Crippen LogP contribution in [0.25, 0.3) is 0 Å². The van der Waals surface area contributed by atoms with E-state index in [0.717, 1.165) is 24.5 Å². The van der Waals surface area contributed by atoms with Gasteiger partial charge in [-0.15, -0.1) is 0 Å². The van der Waals surface area contributed by atoms with Gasteiger partial charge in [0.05, 0.1) is 0 Å². The van der Waals surface area contributed by atoms with Crippen LogP contribution in [0.2, 0.25) is 0 Å². The summed E-state index contributed by atoms with van der Waals surface area (Å²) in [5, 5.41) is 3.66. The molecule has 110 valence electrons. The minimum absolute atomic E-state index is 0.368. The second kappa shape index (κ2) is 6.49. The molecule has 3 nitrogen and oxygen atoms in total. The van der Waals surface area contributed by atoms with E-state index in [2.05, 4.69) is 24.4 Å². The average Bonchev–Trinajstić information content (AvgIpc) is 2.92. The topological polar surface area (TPSA) is 30.5 Å². The Balaban J connectivity index is 1.64. The highest BCUT2D eigenvalue weighted by Crippen LogP contribution is 2.39. The molecular formula is C17H25NO2. The average molecular weight is 275 g/mol. The van der Waals surface area contributed by atoms with Gasteiger partial charge in [0.1, 0.15) is 0 Å².